The standard InChI is InChI=1S/C14H14ClNO/c1-9-4-3-5-12(10(9)2)14(17)11-6-7-13(15)16-8-11/h3-8,14,17H,1-2H3. The lowest BCUT2D eigenvalue weighted by molar-refractivity contribution is 0.219. The highest BCUT2D eigenvalue weighted by atomic mass is 35.5. The van der Waals surface area contributed by atoms with Crippen LogP contribution in [-0.4, -0.2) is 10.1 Å². The average Bonchev–Trinajstić information content (AvgIpc) is 2.33. The molecule has 0 fully saturated rings. The van der Waals surface area contributed by atoms with Crippen molar-refractivity contribution in [2.45, 2.75) is 20.0 Å². The van der Waals surface area contributed by atoms with Gasteiger partial charge in [-0.05, 0) is 36.6 Å². The Morgan fingerprint density at radius 2 is 1.94 bits per heavy atom. The van der Waals surface area contributed by atoms with Gasteiger partial charge in [0, 0.05) is 11.8 Å². The molecule has 0 aliphatic carbocycles. The topological polar surface area (TPSA) is 33.1 Å². The van der Waals surface area contributed by atoms with Crippen molar-refractivity contribution in [1.29, 1.82) is 0 Å². The summed E-state index contributed by atoms with van der Waals surface area (Å²) in [7, 11) is 0. The minimum absolute atomic E-state index is 0.432. The van der Waals surface area contributed by atoms with Crippen LogP contribution in [0.2, 0.25) is 5.15 Å². The van der Waals surface area contributed by atoms with E-state index in [2.05, 4.69) is 4.98 Å². The van der Waals surface area contributed by atoms with E-state index in [1.807, 2.05) is 32.0 Å². The quantitative estimate of drug-likeness (QED) is 0.825. The summed E-state index contributed by atoms with van der Waals surface area (Å²) < 4.78 is 0. The van der Waals surface area contributed by atoms with Crippen LogP contribution in [0.1, 0.15) is 28.4 Å². The third-order valence-corrected chi connectivity index (χ3v) is 3.23. The Bertz CT molecular complexity index is 522. The highest BCUT2D eigenvalue weighted by Gasteiger charge is 2.13. The maximum Gasteiger partial charge on any atom is 0.129 e. The molecule has 0 aliphatic rings. The third kappa shape index (κ3) is 2.48. The van der Waals surface area contributed by atoms with Gasteiger partial charge in [0.25, 0.3) is 0 Å². The predicted molar refractivity (Wildman–Crippen MR) is 69.2 cm³/mol. The van der Waals surface area contributed by atoms with Crippen LogP contribution in [0.5, 0.6) is 0 Å². The van der Waals surface area contributed by atoms with Gasteiger partial charge in [-0.3, -0.25) is 0 Å². The Morgan fingerprint density at radius 1 is 1.18 bits per heavy atom. The van der Waals surface area contributed by atoms with Crippen molar-refractivity contribution < 1.29 is 5.11 Å². The Hall–Kier alpha value is -1.38. The molecule has 0 aliphatic heterocycles. The van der Waals surface area contributed by atoms with E-state index in [1.54, 1.807) is 18.3 Å². The van der Waals surface area contributed by atoms with Crippen molar-refractivity contribution in [3.8, 4) is 0 Å². The Kier molecular flexibility index (Phi) is 3.46. The fourth-order valence-electron chi connectivity index (χ4n) is 1.80. The van der Waals surface area contributed by atoms with Crippen LogP contribution in [0.4, 0.5) is 0 Å². The molecule has 0 radical (unpaired) electrons. The maximum absolute atomic E-state index is 10.3. The third-order valence-electron chi connectivity index (χ3n) is 3.01. The SMILES string of the molecule is Cc1cccc(C(O)c2ccc(Cl)nc2)c1C. The number of rotatable bonds is 2. The molecule has 2 nitrogen and oxygen atoms in total. The fourth-order valence-corrected chi connectivity index (χ4v) is 1.91. The van der Waals surface area contributed by atoms with Gasteiger partial charge in [-0.15, -0.1) is 0 Å². The molecule has 1 atom stereocenters. The molecule has 1 N–H and O–H groups in total. The molecule has 88 valence electrons. The van der Waals surface area contributed by atoms with Crippen LogP contribution >= 0.6 is 11.6 Å². The average molecular weight is 248 g/mol. The number of pyridine rings is 1. The minimum Gasteiger partial charge on any atom is -0.384 e. The lowest BCUT2D eigenvalue weighted by Crippen LogP contribution is -2.03. The highest BCUT2D eigenvalue weighted by Crippen LogP contribution is 2.26. The van der Waals surface area contributed by atoms with Gasteiger partial charge in [0.1, 0.15) is 11.3 Å². The first-order chi connectivity index (χ1) is 8.09. The van der Waals surface area contributed by atoms with Gasteiger partial charge in [-0.25, -0.2) is 4.98 Å². The first-order valence-corrected chi connectivity index (χ1v) is 5.83. The molecule has 1 aromatic heterocycles. The number of aliphatic hydroxyl groups excluding tert-OH is 1. The monoisotopic (exact) mass is 247 g/mol. The smallest absolute Gasteiger partial charge is 0.129 e. The van der Waals surface area contributed by atoms with Gasteiger partial charge in [-0.1, -0.05) is 35.9 Å². The fraction of sp³-hybridized carbons (Fsp3) is 0.214. The summed E-state index contributed by atoms with van der Waals surface area (Å²) in [6.45, 7) is 4.04. The van der Waals surface area contributed by atoms with Crippen molar-refractivity contribution in [2.24, 2.45) is 0 Å². The lowest BCUT2D eigenvalue weighted by Gasteiger charge is -2.15. The van der Waals surface area contributed by atoms with Gasteiger partial charge < -0.3 is 5.11 Å². The van der Waals surface area contributed by atoms with Crippen LogP contribution in [0.15, 0.2) is 36.5 Å². The molecular weight excluding hydrogens is 234 g/mol. The molecule has 0 bridgehead atoms. The first-order valence-electron chi connectivity index (χ1n) is 5.45. The Balaban J connectivity index is 2.40. The second kappa shape index (κ2) is 4.86. The molecule has 3 heteroatoms. The number of hydrogen-bond acceptors (Lipinski definition) is 2. The maximum atomic E-state index is 10.3. The molecule has 17 heavy (non-hydrogen) atoms. The van der Waals surface area contributed by atoms with Gasteiger partial charge in [-0.2, -0.15) is 0 Å². The van der Waals surface area contributed by atoms with E-state index in [1.165, 1.54) is 5.56 Å². The largest absolute Gasteiger partial charge is 0.384 e. The molecule has 1 unspecified atom stereocenters. The van der Waals surface area contributed by atoms with E-state index in [0.29, 0.717) is 5.15 Å². The van der Waals surface area contributed by atoms with Crippen molar-refractivity contribution in [2.75, 3.05) is 0 Å². The van der Waals surface area contributed by atoms with Crippen LogP contribution in [0.3, 0.4) is 0 Å². The number of nitrogens with zero attached hydrogens (tertiary/aromatic N) is 1. The molecule has 0 saturated carbocycles. The van der Waals surface area contributed by atoms with Gasteiger partial charge in [0.05, 0.1) is 0 Å². The van der Waals surface area contributed by atoms with Crippen molar-refractivity contribution >= 4 is 11.6 Å². The van der Waals surface area contributed by atoms with E-state index in [0.717, 1.165) is 16.7 Å². The van der Waals surface area contributed by atoms with E-state index < -0.39 is 6.10 Å². The summed E-state index contributed by atoms with van der Waals surface area (Å²) in [4.78, 5) is 3.98. The molecule has 1 heterocycles. The van der Waals surface area contributed by atoms with E-state index >= 15 is 0 Å². The summed E-state index contributed by atoms with van der Waals surface area (Å²) in [5, 5.41) is 10.7. The Labute approximate surface area is 106 Å². The number of halogens is 1. The van der Waals surface area contributed by atoms with Crippen molar-refractivity contribution in [3.63, 3.8) is 0 Å². The molecule has 2 aromatic rings. The number of aryl methyl sites for hydroxylation is 1. The normalized spacial score (nSPS) is 12.5. The zero-order chi connectivity index (χ0) is 12.4. The number of aromatic nitrogens is 1. The number of hydrogen-bond donors (Lipinski definition) is 1. The second-order valence-electron chi connectivity index (χ2n) is 4.11. The van der Waals surface area contributed by atoms with Crippen LogP contribution in [-0.2, 0) is 0 Å². The van der Waals surface area contributed by atoms with Gasteiger partial charge in [0.15, 0.2) is 0 Å². The lowest BCUT2D eigenvalue weighted by atomic mass is 9.96. The van der Waals surface area contributed by atoms with Crippen LogP contribution < -0.4 is 0 Å². The summed E-state index contributed by atoms with van der Waals surface area (Å²) in [6, 6.07) is 9.39. The molecular formula is C14H14ClNO. The van der Waals surface area contributed by atoms with E-state index in [-0.39, 0.29) is 0 Å². The predicted octanol–water partition coefficient (Wildman–Crippen LogP) is 3.43. The number of benzene rings is 1. The summed E-state index contributed by atoms with van der Waals surface area (Å²) in [5.74, 6) is 0. The van der Waals surface area contributed by atoms with E-state index in [4.69, 9.17) is 11.6 Å². The zero-order valence-electron chi connectivity index (χ0n) is 9.81. The second-order valence-corrected chi connectivity index (χ2v) is 4.49. The van der Waals surface area contributed by atoms with Crippen LogP contribution in [0, 0.1) is 13.8 Å². The highest BCUT2D eigenvalue weighted by molar-refractivity contribution is 6.29. The molecule has 2 rings (SSSR count). The molecule has 0 spiro atoms. The molecule has 0 amide bonds. The Morgan fingerprint density at radius 3 is 2.59 bits per heavy atom. The van der Waals surface area contributed by atoms with Crippen molar-refractivity contribution in [1.82, 2.24) is 4.98 Å². The first kappa shape index (κ1) is 12.1. The molecule has 1 aromatic carbocycles. The zero-order valence-corrected chi connectivity index (χ0v) is 10.6. The van der Waals surface area contributed by atoms with Gasteiger partial charge in [0.2, 0.25) is 0 Å². The summed E-state index contributed by atoms with van der Waals surface area (Å²) in [5.41, 5.74) is 3.94. The van der Waals surface area contributed by atoms with Crippen molar-refractivity contribution in [3.05, 3.63) is 63.9 Å². The van der Waals surface area contributed by atoms with E-state index in [9.17, 15) is 5.11 Å². The van der Waals surface area contributed by atoms with Crippen LogP contribution in [0.25, 0.3) is 0 Å². The minimum atomic E-state index is -0.653. The summed E-state index contributed by atoms with van der Waals surface area (Å²) >= 11 is 5.73. The molecule has 0 saturated heterocycles. The van der Waals surface area contributed by atoms with Gasteiger partial charge >= 0.3 is 0 Å². The number of aliphatic hydroxyl groups is 1. The summed E-state index contributed by atoms with van der Waals surface area (Å²) in [6.07, 6.45) is 0.953.